The van der Waals surface area contributed by atoms with Crippen LogP contribution in [0.3, 0.4) is 0 Å². The maximum atomic E-state index is 10.4. The van der Waals surface area contributed by atoms with Crippen molar-refractivity contribution in [2.45, 2.75) is 77.2 Å². The van der Waals surface area contributed by atoms with Crippen LogP contribution in [0, 0.1) is 0 Å². The highest BCUT2D eigenvalue weighted by Gasteiger charge is 2.11. The molecule has 0 fully saturated rings. The molecule has 7 heteroatoms. The molecule has 1 heterocycles. The van der Waals surface area contributed by atoms with Crippen LogP contribution in [0.15, 0.2) is 42.5 Å². The molecule has 7 nitrogen and oxygen atoms in total. The first-order chi connectivity index (χ1) is 16.7. The Labute approximate surface area is 202 Å². The number of rotatable bonds is 17. The van der Waals surface area contributed by atoms with Crippen LogP contribution in [0.4, 0.5) is 0 Å². The Morgan fingerprint density at radius 1 is 0.824 bits per heavy atom. The maximum absolute atomic E-state index is 10.4. The molecule has 0 aliphatic rings. The number of aliphatic hydroxyl groups is 1. The normalized spacial score (nSPS) is 12.3. The van der Waals surface area contributed by atoms with Crippen molar-refractivity contribution in [1.82, 2.24) is 15.0 Å². The molecule has 1 unspecified atom stereocenters. The lowest BCUT2D eigenvalue weighted by Crippen LogP contribution is -2.23. The van der Waals surface area contributed by atoms with Crippen molar-refractivity contribution < 1.29 is 19.7 Å². The summed E-state index contributed by atoms with van der Waals surface area (Å²) < 4.78 is 11.2. The van der Waals surface area contributed by atoms with Crippen molar-refractivity contribution in [2.24, 2.45) is 0 Å². The third kappa shape index (κ3) is 8.61. The van der Waals surface area contributed by atoms with E-state index in [0.29, 0.717) is 18.0 Å². The van der Waals surface area contributed by atoms with E-state index in [2.05, 4.69) is 17.1 Å². The van der Waals surface area contributed by atoms with Crippen molar-refractivity contribution in [3.63, 3.8) is 0 Å². The van der Waals surface area contributed by atoms with Crippen LogP contribution in [-0.2, 0) is 4.74 Å². The van der Waals surface area contributed by atoms with Gasteiger partial charge in [0.1, 0.15) is 40.9 Å². The lowest BCUT2D eigenvalue weighted by atomic mass is 10.1. The summed E-state index contributed by atoms with van der Waals surface area (Å²) in [4.78, 5) is 1.40. The van der Waals surface area contributed by atoms with Crippen LogP contribution in [0.2, 0.25) is 0 Å². The Morgan fingerprint density at radius 2 is 1.44 bits per heavy atom. The second-order valence-electron chi connectivity index (χ2n) is 8.85. The van der Waals surface area contributed by atoms with E-state index in [1.54, 1.807) is 12.1 Å². The Morgan fingerprint density at radius 3 is 2.06 bits per heavy atom. The molecule has 0 aliphatic carbocycles. The average molecular weight is 470 g/mol. The van der Waals surface area contributed by atoms with Crippen molar-refractivity contribution in [1.29, 1.82) is 0 Å². The van der Waals surface area contributed by atoms with Crippen LogP contribution in [0.25, 0.3) is 16.7 Å². The molecule has 3 rings (SSSR count). The van der Waals surface area contributed by atoms with E-state index >= 15 is 0 Å². The molecular weight excluding hydrogens is 430 g/mol. The first-order valence-corrected chi connectivity index (χ1v) is 12.7. The molecule has 0 saturated heterocycles. The molecule has 1 aromatic heterocycles. The van der Waals surface area contributed by atoms with Gasteiger partial charge in [0.15, 0.2) is 0 Å². The summed E-state index contributed by atoms with van der Waals surface area (Å²) in [7, 11) is 0. The highest BCUT2D eigenvalue weighted by molar-refractivity contribution is 5.73. The molecule has 0 spiro atoms. The van der Waals surface area contributed by atoms with Crippen LogP contribution in [-0.4, -0.2) is 51.1 Å². The van der Waals surface area contributed by atoms with Gasteiger partial charge < -0.3 is 19.7 Å². The monoisotopic (exact) mass is 469 g/mol. The second-order valence-corrected chi connectivity index (χ2v) is 8.85. The van der Waals surface area contributed by atoms with Gasteiger partial charge in [0, 0.05) is 12.7 Å². The molecule has 0 amide bonds. The second kappa shape index (κ2) is 14.6. The summed E-state index contributed by atoms with van der Waals surface area (Å²) in [6, 6.07) is 12.4. The fourth-order valence-electron chi connectivity index (χ4n) is 3.88. The van der Waals surface area contributed by atoms with Crippen molar-refractivity contribution in [3.05, 3.63) is 42.5 Å². The standard InChI is InChI=1S/C27H39N3O4/c1-2-3-4-5-6-7-8-9-10-13-18-33-20-22(31)21-34-23-16-17-26(27(32)19-23)30-28-24-14-11-12-15-25(24)29-30/h11-12,14-17,19,22,31-32H,2-10,13,18,20-21H2,1H3. The summed E-state index contributed by atoms with van der Waals surface area (Å²) >= 11 is 0. The molecular formula is C27H39N3O4. The predicted octanol–water partition coefficient (Wildman–Crippen LogP) is 5.80. The summed E-state index contributed by atoms with van der Waals surface area (Å²) in [6.45, 7) is 3.25. The third-order valence-corrected chi connectivity index (χ3v) is 5.84. The van der Waals surface area contributed by atoms with Crippen molar-refractivity contribution >= 4 is 11.0 Å². The largest absolute Gasteiger partial charge is 0.505 e. The highest BCUT2D eigenvalue weighted by atomic mass is 16.5. The number of unbranched alkanes of at least 4 members (excludes halogenated alkanes) is 9. The van der Waals surface area contributed by atoms with Crippen LogP contribution >= 0.6 is 0 Å². The van der Waals surface area contributed by atoms with E-state index in [0.717, 1.165) is 17.5 Å². The summed E-state index contributed by atoms with van der Waals surface area (Å²) in [5.41, 5.74) is 1.97. The zero-order valence-corrected chi connectivity index (χ0v) is 20.4. The highest BCUT2D eigenvalue weighted by Crippen LogP contribution is 2.27. The number of fused-ring (bicyclic) bond motifs is 1. The van der Waals surface area contributed by atoms with Crippen LogP contribution in [0.1, 0.15) is 71.1 Å². The van der Waals surface area contributed by atoms with E-state index in [-0.39, 0.29) is 19.0 Å². The molecule has 1 atom stereocenters. The zero-order valence-electron chi connectivity index (χ0n) is 20.4. The molecule has 34 heavy (non-hydrogen) atoms. The smallest absolute Gasteiger partial charge is 0.146 e. The lowest BCUT2D eigenvalue weighted by molar-refractivity contribution is 0.0109. The number of ether oxygens (including phenoxy) is 2. The average Bonchev–Trinajstić information content (AvgIpc) is 3.27. The number of nitrogens with zero attached hydrogens (tertiary/aromatic N) is 3. The number of benzene rings is 2. The summed E-state index contributed by atoms with van der Waals surface area (Å²) in [5.74, 6) is 0.469. The summed E-state index contributed by atoms with van der Waals surface area (Å²) in [6.07, 6.45) is 12.2. The van der Waals surface area contributed by atoms with Gasteiger partial charge in [-0.05, 0) is 30.7 Å². The van der Waals surface area contributed by atoms with Gasteiger partial charge in [-0.15, -0.1) is 15.0 Å². The molecule has 0 radical (unpaired) electrons. The predicted molar refractivity (Wildman–Crippen MR) is 135 cm³/mol. The van der Waals surface area contributed by atoms with E-state index in [1.807, 2.05) is 24.3 Å². The van der Waals surface area contributed by atoms with Gasteiger partial charge in [0.05, 0.1) is 6.61 Å². The molecule has 2 aromatic carbocycles. The molecule has 0 saturated carbocycles. The molecule has 0 bridgehead atoms. The molecule has 2 N–H and O–H groups in total. The van der Waals surface area contributed by atoms with Gasteiger partial charge in [0.2, 0.25) is 0 Å². The minimum Gasteiger partial charge on any atom is -0.505 e. The SMILES string of the molecule is CCCCCCCCCCCCOCC(O)COc1ccc(-n2nc3ccccc3n2)c(O)c1. The fraction of sp³-hybridized carbons (Fsp3) is 0.556. The Bertz CT molecular complexity index is 942. The fourth-order valence-corrected chi connectivity index (χ4v) is 3.88. The van der Waals surface area contributed by atoms with Crippen molar-refractivity contribution in [2.75, 3.05) is 19.8 Å². The zero-order chi connectivity index (χ0) is 24.0. The molecule has 186 valence electrons. The van der Waals surface area contributed by atoms with E-state index in [4.69, 9.17) is 9.47 Å². The lowest BCUT2D eigenvalue weighted by Gasteiger charge is -2.13. The Balaban J connectivity index is 1.27. The van der Waals surface area contributed by atoms with Gasteiger partial charge in [0.25, 0.3) is 0 Å². The van der Waals surface area contributed by atoms with E-state index in [1.165, 1.54) is 68.7 Å². The first-order valence-electron chi connectivity index (χ1n) is 12.7. The van der Waals surface area contributed by atoms with Crippen LogP contribution in [0.5, 0.6) is 11.5 Å². The number of aromatic hydroxyl groups is 1. The number of phenols is 1. The number of hydrogen-bond donors (Lipinski definition) is 2. The third-order valence-electron chi connectivity index (χ3n) is 5.84. The Hall–Kier alpha value is -2.64. The quantitative estimate of drug-likeness (QED) is 0.243. The van der Waals surface area contributed by atoms with E-state index in [9.17, 15) is 10.2 Å². The number of aromatic nitrogens is 3. The molecule has 3 aromatic rings. The van der Waals surface area contributed by atoms with Gasteiger partial charge in [-0.1, -0.05) is 76.8 Å². The number of phenolic OH excluding ortho intramolecular Hbond substituents is 1. The summed E-state index contributed by atoms with van der Waals surface area (Å²) in [5, 5.41) is 29.3. The minimum absolute atomic E-state index is 0.00417. The van der Waals surface area contributed by atoms with Crippen molar-refractivity contribution in [3.8, 4) is 17.2 Å². The first kappa shape index (κ1) is 26.0. The van der Waals surface area contributed by atoms with Gasteiger partial charge in [-0.3, -0.25) is 0 Å². The van der Waals surface area contributed by atoms with Gasteiger partial charge in [-0.25, -0.2) is 0 Å². The van der Waals surface area contributed by atoms with Crippen LogP contribution < -0.4 is 4.74 Å². The Kier molecular flexibility index (Phi) is 11.1. The van der Waals surface area contributed by atoms with Gasteiger partial charge in [-0.2, -0.15) is 0 Å². The maximum Gasteiger partial charge on any atom is 0.146 e. The molecule has 0 aliphatic heterocycles. The van der Waals surface area contributed by atoms with E-state index < -0.39 is 6.10 Å². The minimum atomic E-state index is -0.719. The number of hydrogen-bond acceptors (Lipinski definition) is 6. The van der Waals surface area contributed by atoms with Gasteiger partial charge >= 0.3 is 0 Å². The number of aliphatic hydroxyl groups excluding tert-OH is 1. The topological polar surface area (TPSA) is 89.6 Å².